The molecule has 2 heterocycles. The highest BCUT2D eigenvalue weighted by Crippen LogP contribution is 2.24. The Hall–Kier alpha value is -2.90. The van der Waals surface area contributed by atoms with Crippen LogP contribution in [-0.4, -0.2) is 40.6 Å². The third kappa shape index (κ3) is 3.70. The number of amides is 1. The Morgan fingerprint density at radius 1 is 1.25 bits per heavy atom. The summed E-state index contributed by atoms with van der Waals surface area (Å²) in [7, 11) is 2.80. The fraction of sp³-hybridized carbons (Fsp3) is 0.375. The summed E-state index contributed by atoms with van der Waals surface area (Å²) in [6.45, 7) is 3.42. The van der Waals surface area contributed by atoms with Crippen LogP contribution < -0.4 is 10.1 Å². The summed E-state index contributed by atoms with van der Waals surface area (Å²) in [5.74, 6) is 0.694. The highest BCUT2D eigenvalue weighted by atomic mass is 16.5. The van der Waals surface area contributed by atoms with E-state index in [0.717, 1.165) is 6.42 Å². The molecule has 8 heteroatoms. The first kappa shape index (κ1) is 17.5. The number of esters is 1. The highest BCUT2D eigenvalue weighted by Gasteiger charge is 2.19. The summed E-state index contributed by atoms with van der Waals surface area (Å²) in [5, 5.41) is 2.72. The van der Waals surface area contributed by atoms with Gasteiger partial charge in [0.1, 0.15) is 5.82 Å². The zero-order chi connectivity index (χ0) is 17.7. The van der Waals surface area contributed by atoms with Crippen molar-refractivity contribution < 1.29 is 19.1 Å². The standard InChI is InChI=1S/C16H20N4O4/c1-5-6-13-18-12(16(22)24-4)9-20(13)15-11(17-10(2)21)7-8-14(19-15)23-3/h7-9H,5-6H2,1-4H3,(H,17,21). The Kier molecular flexibility index (Phi) is 5.51. The summed E-state index contributed by atoms with van der Waals surface area (Å²) in [4.78, 5) is 31.9. The van der Waals surface area contributed by atoms with Gasteiger partial charge >= 0.3 is 5.97 Å². The molecule has 1 N–H and O–H groups in total. The normalized spacial score (nSPS) is 10.3. The first-order valence-corrected chi connectivity index (χ1v) is 7.49. The van der Waals surface area contributed by atoms with E-state index in [1.807, 2.05) is 6.92 Å². The van der Waals surface area contributed by atoms with E-state index < -0.39 is 5.97 Å². The number of aromatic nitrogens is 3. The number of aryl methyl sites for hydroxylation is 1. The van der Waals surface area contributed by atoms with Crippen LogP contribution >= 0.6 is 0 Å². The van der Waals surface area contributed by atoms with Gasteiger partial charge in [0.2, 0.25) is 11.8 Å². The van der Waals surface area contributed by atoms with Crippen molar-refractivity contribution in [3.8, 4) is 11.7 Å². The topological polar surface area (TPSA) is 95.3 Å². The number of anilines is 1. The molecule has 0 atom stereocenters. The molecule has 24 heavy (non-hydrogen) atoms. The van der Waals surface area contributed by atoms with E-state index in [1.165, 1.54) is 21.1 Å². The van der Waals surface area contributed by atoms with E-state index in [4.69, 9.17) is 9.47 Å². The minimum absolute atomic E-state index is 0.180. The molecule has 0 aliphatic carbocycles. The van der Waals surface area contributed by atoms with E-state index in [2.05, 4.69) is 15.3 Å². The van der Waals surface area contributed by atoms with E-state index >= 15 is 0 Å². The molecule has 0 fully saturated rings. The van der Waals surface area contributed by atoms with Crippen LogP contribution in [0.3, 0.4) is 0 Å². The van der Waals surface area contributed by atoms with E-state index in [0.29, 0.717) is 29.6 Å². The number of rotatable bonds is 6. The summed E-state index contributed by atoms with van der Waals surface area (Å²) < 4.78 is 11.6. The van der Waals surface area contributed by atoms with E-state index in [-0.39, 0.29) is 11.6 Å². The van der Waals surface area contributed by atoms with Gasteiger partial charge < -0.3 is 14.8 Å². The largest absolute Gasteiger partial charge is 0.481 e. The van der Waals surface area contributed by atoms with Gasteiger partial charge in [-0.05, 0) is 12.5 Å². The highest BCUT2D eigenvalue weighted by molar-refractivity contribution is 5.91. The molecule has 0 aromatic carbocycles. The number of methoxy groups -OCH3 is 2. The minimum Gasteiger partial charge on any atom is -0.481 e. The van der Waals surface area contributed by atoms with Crippen molar-refractivity contribution in [1.29, 1.82) is 0 Å². The SMILES string of the molecule is CCCc1nc(C(=O)OC)cn1-c1nc(OC)ccc1NC(C)=O. The first-order valence-electron chi connectivity index (χ1n) is 7.49. The lowest BCUT2D eigenvalue weighted by molar-refractivity contribution is -0.114. The molecule has 2 aromatic rings. The molecule has 1 amide bonds. The molecule has 2 rings (SSSR count). The Bertz CT molecular complexity index is 755. The molecular weight excluding hydrogens is 312 g/mol. The third-order valence-electron chi connectivity index (χ3n) is 3.24. The number of nitrogens with zero attached hydrogens (tertiary/aromatic N) is 3. The summed E-state index contributed by atoms with van der Waals surface area (Å²) in [6, 6.07) is 3.34. The number of imidazole rings is 1. The molecule has 0 spiro atoms. The van der Waals surface area contributed by atoms with Crippen molar-refractivity contribution in [3.63, 3.8) is 0 Å². The first-order chi connectivity index (χ1) is 11.5. The smallest absolute Gasteiger partial charge is 0.358 e. The lowest BCUT2D eigenvalue weighted by atomic mass is 10.3. The van der Waals surface area contributed by atoms with Crippen LogP contribution in [0.1, 0.15) is 36.6 Å². The average Bonchev–Trinajstić information content (AvgIpc) is 2.98. The monoisotopic (exact) mass is 332 g/mol. The fourth-order valence-electron chi connectivity index (χ4n) is 2.22. The van der Waals surface area contributed by atoms with Gasteiger partial charge in [-0.25, -0.2) is 9.78 Å². The van der Waals surface area contributed by atoms with Gasteiger partial charge in [-0.2, -0.15) is 4.98 Å². The molecule has 0 unspecified atom stereocenters. The molecule has 0 aliphatic rings. The maximum absolute atomic E-state index is 11.8. The molecule has 0 bridgehead atoms. The van der Waals surface area contributed by atoms with Crippen LogP contribution in [-0.2, 0) is 16.0 Å². The van der Waals surface area contributed by atoms with Gasteiger partial charge in [0.05, 0.1) is 19.9 Å². The Labute approximate surface area is 139 Å². The van der Waals surface area contributed by atoms with Crippen molar-refractivity contribution in [2.75, 3.05) is 19.5 Å². The summed E-state index contributed by atoms with van der Waals surface area (Å²) >= 11 is 0. The van der Waals surface area contributed by atoms with Crippen molar-refractivity contribution in [2.24, 2.45) is 0 Å². The summed E-state index contributed by atoms with van der Waals surface area (Å²) in [5.41, 5.74) is 0.675. The lowest BCUT2D eigenvalue weighted by Crippen LogP contribution is -2.12. The van der Waals surface area contributed by atoms with Crippen LogP contribution in [0.4, 0.5) is 5.69 Å². The van der Waals surface area contributed by atoms with Crippen molar-refractivity contribution in [1.82, 2.24) is 14.5 Å². The van der Waals surface area contributed by atoms with Crippen LogP contribution in [0.5, 0.6) is 5.88 Å². The van der Waals surface area contributed by atoms with Gasteiger partial charge in [-0.15, -0.1) is 0 Å². The molecule has 0 aliphatic heterocycles. The predicted octanol–water partition coefficient (Wildman–Crippen LogP) is 1.97. The van der Waals surface area contributed by atoms with Gasteiger partial charge in [0.25, 0.3) is 0 Å². The number of carbonyl (C=O) groups excluding carboxylic acids is 2. The van der Waals surface area contributed by atoms with Crippen LogP contribution in [0.25, 0.3) is 5.82 Å². The number of pyridine rings is 1. The molecular formula is C16H20N4O4. The third-order valence-corrected chi connectivity index (χ3v) is 3.24. The molecule has 2 aromatic heterocycles. The number of carbonyl (C=O) groups is 2. The number of ether oxygens (including phenoxy) is 2. The summed E-state index contributed by atoms with van der Waals surface area (Å²) in [6.07, 6.45) is 3.01. The Morgan fingerprint density at radius 2 is 2.00 bits per heavy atom. The maximum Gasteiger partial charge on any atom is 0.358 e. The van der Waals surface area contributed by atoms with Gasteiger partial charge in [0.15, 0.2) is 11.5 Å². The second-order valence-corrected chi connectivity index (χ2v) is 5.06. The Balaban J connectivity index is 2.61. The zero-order valence-electron chi connectivity index (χ0n) is 14.1. The number of hydrogen-bond donors (Lipinski definition) is 1. The Morgan fingerprint density at radius 3 is 2.58 bits per heavy atom. The van der Waals surface area contributed by atoms with Crippen LogP contribution in [0.2, 0.25) is 0 Å². The van der Waals surface area contributed by atoms with Crippen molar-refractivity contribution in [3.05, 3.63) is 29.8 Å². The fourth-order valence-corrected chi connectivity index (χ4v) is 2.22. The molecule has 0 radical (unpaired) electrons. The minimum atomic E-state index is -0.532. The molecule has 8 nitrogen and oxygen atoms in total. The van der Waals surface area contributed by atoms with Gasteiger partial charge in [0, 0.05) is 25.6 Å². The zero-order valence-corrected chi connectivity index (χ0v) is 14.1. The lowest BCUT2D eigenvalue weighted by Gasteiger charge is -2.13. The maximum atomic E-state index is 11.8. The van der Waals surface area contributed by atoms with E-state index in [1.54, 1.807) is 22.9 Å². The predicted molar refractivity (Wildman–Crippen MR) is 87.5 cm³/mol. The molecule has 0 saturated carbocycles. The van der Waals surface area contributed by atoms with Crippen LogP contribution in [0, 0.1) is 0 Å². The second-order valence-electron chi connectivity index (χ2n) is 5.06. The van der Waals surface area contributed by atoms with Crippen LogP contribution in [0.15, 0.2) is 18.3 Å². The quantitative estimate of drug-likeness (QED) is 0.813. The van der Waals surface area contributed by atoms with E-state index in [9.17, 15) is 9.59 Å². The molecule has 0 saturated heterocycles. The van der Waals surface area contributed by atoms with Gasteiger partial charge in [-0.1, -0.05) is 6.92 Å². The average molecular weight is 332 g/mol. The van der Waals surface area contributed by atoms with Crippen molar-refractivity contribution in [2.45, 2.75) is 26.7 Å². The number of hydrogen-bond acceptors (Lipinski definition) is 6. The van der Waals surface area contributed by atoms with Gasteiger partial charge in [-0.3, -0.25) is 9.36 Å². The van der Waals surface area contributed by atoms with Crippen molar-refractivity contribution >= 4 is 17.6 Å². The number of nitrogens with one attached hydrogen (secondary N) is 1. The second kappa shape index (κ2) is 7.58. The molecule has 128 valence electrons.